The van der Waals surface area contributed by atoms with Crippen LogP contribution in [0.1, 0.15) is 31.2 Å². The maximum atomic E-state index is 9.96. The minimum atomic E-state index is 0.336. The quantitative estimate of drug-likeness (QED) is 0.901. The number of aromatic nitrogens is 1. The molecule has 0 amide bonds. The number of pyridine rings is 1. The van der Waals surface area contributed by atoms with Gasteiger partial charge in [0.05, 0.1) is 0 Å². The number of benzene rings is 1. The molecule has 2 N–H and O–H groups in total. The zero-order chi connectivity index (χ0) is 14.5. The van der Waals surface area contributed by atoms with Crippen molar-refractivity contribution in [3.8, 4) is 16.9 Å². The molecular formula is C18H22N2O. The zero-order valence-electron chi connectivity index (χ0n) is 12.3. The lowest BCUT2D eigenvalue weighted by atomic mass is 9.96. The van der Waals surface area contributed by atoms with E-state index in [9.17, 15) is 5.11 Å². The number of rotatable bonds is 4. The molecule has 0 unspecified atom stereocenters. The lowest BCUT2D eigenvalue weighted by Gasteiger charge is -2.23. The second-order valence-electron chi connectivity index (χ2n) is 5.82. The van der Waals surface area contributed by atoms with Gasteiger partial charge in [-0.2, -0.15) is 0 Å². The molecule has 1 aliphatic heterocycles. The highest BCUT2D eigenvalue weighted by Gasteiger charge is 2.12. The van der Waals surface area contributed by atoms with E-state index in [1.165, 1.54) is 24.8 Å². The van der Waals surface area contributed by atoms with Crippen molar-refractivity contribution in [1.82, 2.24) is 10.3 Å². The summed E-state index contributed by atoms with van der Waals surface area (Å²) in [6.07, 6.45) is 9.64. The largest absolute Gasteiger partial charge is 0.508 e. The number of phenolic OH excluding ortho intramolecular Hbond substituents is 1. The molecule has 3 nitrogen and oxygen atoms in total. The lowest BCUT2D eigenvalue weighted by molar-refractivity contribution is 0.382. The average molecular weight is 282 g/mol. The first-order chi connectivity index (χ1) is 10.3. The molecule has 2 heterocycles. The van der Waals surface area contributed by atoms with E-state index >= 15 is 0 Å². The van der Waals surface area contributed by atoms with E-state index in [1.807, 2.05) is 24.4 Å². The van der Waals surface area contributed by atoms with Crippen LogP contribution >= 0.6 is 0 Å². The van der Waals surface area contributed by atoms with Gasteiger partial charge < -0.3 is 10.4 Å². The molecule has 1 atom stereocenters. The fourth-order valence-electron chi connectivity index (χ4n) is 3.03. The Labute approximate surface area is 126 Å². The van der Waals surface area contributed by atoms with Gasteiger partial charge in [0.2, 0.25) is 0 Å². The van der Waals surface area contributed by atoms with Crippen molar-refractivity contribution in [3.63, 3.8) is 0 Å². The molecule has 0 bridgehead atoms. The Kier molecular flexibility index (Phi) is 4.51. The highest BCUT2D eigenvalue weighted by atomic mass is 16.3. The van der Waals surface area contributed by atoms with Gasteiger partial charge in [-0.3, -0.25) is 4.98 Å². The van der Waals surface area contributed by atoms with Crippen LogP contribution in [-0.2, 0) is 6.42 Å². The van der Waals surface area contributed by atoms with Gasteiger partial charge in [-0.1, -0.05) is 18.6 Å². The summed E-state index contributed by atoms with van der Waals surface area (Å²) in [7, 11) is 0. The van der Waals surface area contributed by atoms with Crippen molar-refractivity contribution < 1.29 is 5.11 Å². The van der Waals surface area contributed by atoms with Crippen LogP contribution in [0.3, 0.4) is 0 Å². The Morgan fingerprint density at radius 2 is 2.14 bits per heavy atom. The van der Waals surface area contributed by atoms with Crippen LogP contribution in [0.5, 0.6) is 5.75 Å². The normalized spacial score (nSPS) is 18.6. The van der Waals surface area contributed by atoms with E-state index in [1.54, 1.807) is 12.3 Å². The predicted octanol–water partition coefficient (Wildman–Crippen LogP) is 3.53. The van der Waals surface area contributed by atoms with E-state index in [4.69, 9.17) is 0 Å². The highest BCUT2D eigenvalue weighted by Crippen LogP contribution is 2.26. The molecule has 1 aromatic carbocycles. The predicted molar refractivity (Wildman–Crippen MR) is 85.3 cm³/mol. The summed E-state index contributed by atoms with van der Waals surface area (Å²) in [4.78, 5) is 4.15. The molecule has 0 spiro atoms. The standard InChI is InChI=1S/C18H22N2O/c21-18-11-14(6-7-17-5-1-2-9-20-17)10-16(12-18)15-4-3-8-19-13-15/h3-4,8,10-13,17,20-21H,1-2,5-7,9H2/t17-/m1/s1. The fraction of sp³-hybridized carbons (Fsp3) is 0.389. The van der Waals surface area contributed by atoms with E-state index < -0.39 is 0 Å². The van der Waals surface area contributed by atoms with E-state index in [-0.39, 0.29) is 0 Å². The topological polar surface area (TPSA) is 45.1 Å². The zero-order valence-corrected chi connectivity index (χ0v) is 12.3. The third-order valence-electron chi connectivity index (χ3n) is 4.17. The van der Waals surface area contributed by atoms with Gasteiger partial charge in [0, 0.05) is 24.0 Å². The van der Waals surface area contributed by atoms with E-state index in [2.05, 4.69) is 16.4 Å². The van der Waals surface area contributed by atoms with Crippen molar-refractivity contribution in [2.45, 2.75) is 38.1 Å². The van der Waals surface area contributed by atoms with Gasteiger partial charge in [-0.05, 0) is 61.6 Å². The number of piperidine rings is 1. The molecule has 110 valence electrons. The number of hydrogen-bond acceptors (Lipinski definition) is 3. The van der Waals surface area contributed by atoms with Crippen LogP contribution in [0.2, 0.25) is 0 Å². The number of aryl methyl sites for hydroxylation is 1. The van der Waals surface area contributed by atoms with Gasteiger partial charge in [0.15, 0.2) is 0 Å². The molecule has 1 aliphatic rings. The summed E-state index contributed by atoms with van der Waals surface area (Å²) in [6.45, 7) is 1.14. The van der Waals surface area contributed by atoms with Crippen LogP contribution in [0.15, 0.2) is 42.7 Å². The first-order valence-corrected chi connectivity index (χ1v) is 7.78. The van der Waals surface area contributed by atoms with Crippen LogP contribution in [0, 0.1) is 0 Å². The summed E-state index contributed by atoms with van der Waals surface area (Å²) in [5.74, 6) is 0.336. The number of nitrogens with one attached hydrogen (secondary N) is 1. The first kappa shape index (κ1) is 14.1. The molecule has 0 radical (unpaired) electrons. The maximum absolute atomic E-state index is 9.96. The smallest absolute Gasteiger partial charge is 0.116 e. The van der Waals surface area contributed by atoms with Gasteiger partial charge >= 0.3 is 0 Å². The number of phenols is 1. The van der Waals surface area contributed by atoms with Crippen LogP contribution in [0.4, 0.5) is 0 Å². The van der Waals surface area contributed by atoms with Crippen molar-refractivity contribution in [1.29, 1.82) is 0 Å². The SMILES string of the molecule is Oc1cc(CC[C@H]2CCCCN2)cc(-c2cccnc2)c1. The average Bonchev–Trinajstić information content (AvgIpc) is 2.54. The third-order valence-corrected chi connectivity index (χ3v) is 4.17. The van der Waals surface area contributed by atoms with Crippen molar-refractivity contribution in [3.05, 3.63) is 48.3 Å². The second-order valence-corrected chi connectivity index (χ2v) is 5.82. The Hall–Kier alpha value is -1.87. The van der Waals surface area contributed by atoms with E-state index in [0.717, 1.165) is 30.5 Å². The summed E-state index contributed by atoms with van der Waals surface area (Å²) in [5.41, 5.74) is 3.28. The summed E-state index contributed by atoms with van der Waals surface area (Å²) in [5, 5.41) is 13.5. The van der Waals surface area contributed by atoms with Crippen molar-refractivity contribution in [2.75, 3.05) is 6.54 Å². The van der Waals surface area contributed by atoms with Gasteiger partial charge in [0.25, 0.3) is 0 Å². The fourth-order valence-corrected chi connectivity index (χ4v) is 3.03. The van der Waals surface area contributed by atoms with Gasteiger partial charge in [-0.25, -0.2) is 0 Å². The number of nitrogens with zero attached hydrogens (tertiary/aromatic N) is 1. The molecule has 1 saturated heterocycles. The van der Waals surface area contributed by atoms with Crippen molar-refractivity contribution in [2.24, 2.45) is 0 Å². The molecular weight excluding hydrogens is 260 g/mol. The minimum Gasteiger partial charge on any atom is -0.508 e. The highest BCUT2D eigenvalue weighted by molar-refractivity contribution is 5.65. The molecule has 2 aromatic rings. The summed E-state index contributed by atoms with van der Waals surface area (Å²) in [6, 6.07) is 10.4. The van der Waals surface area contributed by atoms with Crippen LogP contribution in [-0.4, -0.2) is 22.7 Å². The molecule has 3 rings (SSSR count). The Morgan fingerprint density at radius 3 is 2.90 bits per heavy atom. The maximum Gasteiger partial charge on any atom is 0.116 e. The summed E-state index contributed by atoms with van der Waals surface area (Å²) >= 11 is 0. The van der Waals surface area contributed by atoms with Crippen LogP contribution < -0.4 is 5.32 Å². The lowest BCUT2D eigenvalue weighted by Crippen LogP contribution is -2.34. The minimum absolute atomic E-state index is 0.336. The molecule has 1 aromatic heterocycles. The molecule has 0 aliphatic carbocycles. The summed E-state index contributed by atoms with van der Waals surface area (Å²) < 4.78 is 0. The number of hydrogen-bond donors (Lipinski definition) is 2. The molecule has 3 heteroatoms. The van der Waals surface area contributed by atoms with Crippen LogP contribution in [0.25, 0.3) is 11.1 Å². The van der Waals surface area contributed by atoms with Gasteiger partial charge in [0.1, 0.15) is 5.75 Å². The Morgan fingerprint density at radius 1 is 1.19 bits per heavy atom. The third kappa shape index (κ3) is 3.82. The van der Waals surface area contributed by atoms with Gasteiger partial charge in [-0.15, -0.1) is 0 Å². The first-order valence-electron chi connectivity index (χ1n) is 7.78. The Balaban J connectivity index is 1.72. The monoisotopic (exact) mass is 282 g/mol. The van der Waals surface area contributed by atoms with Crippen molar-refractivity contribution >= 4 is 0 Å². The molecule has 1 fully saturated rings. The van der Waals surface area contributed by atoms with E-state index in [0.29, 0.717) is 11.8 Å². The molecule has 21 heavy (non-hydrogen) atoms. The second kappa shape index (κ2) is 6.72. The Bertz CT molecular complexity index is 577. The molecule has 0 saturated carbocycles. The number of aromatic hydroxyl groups is 1.